The van der Waals surface area contributed by atoms with Gasteiger partial charge in [0.1, 0.15) is 40.1 Å². The molecule has 3 aliphatic heterocycles. The van der Waals surface area contributed by atoms with Crippen LogP contribution in [0, 0.1) is 5.82 Å². The number of pyridine rings is 1. The smallest absolute Gasteiger partial charge is 0.263 e. The maximum Gasteiger partial charge on any atom is 0.263 e. The number of aromatic nitrogens is 1. The molecule has 1 atom stereocenters. The van der Waals surface area contributed by atoms with Crippen molar-refractivity contribution in [2.24, 2.45) is 0 Å². The minimum Gasteiger partial charge on any atom is -0.507 e. The summed E-state index contributed by atoms with van der Waals surface area (Å²) in [6, 6.07) is 9.18. The number of nitrogens with one attached hydrogen (secondary N) is 1. The second-order valence-corrected chi connectivity index (χ2v) is 10.3. The number of phenols is 1. The van der Waals surface area contributed by atoms with Crippen LogP contribution in [0.1, 0.15) is 29.8 Å². The Morgan fingerprint density at radius 3 is 2.84 bits per heavy atom. The van der Waals surface area contributed by atoms with Crippen molar-refractivity contribution in [1.29, 1.82) is 0 Å². The molecule has 8 nitrogen and oxygen atoms in total. The average Bonchev–Trinajstić information content (AvgIpc) is 3.10. The summed E-state index contributed by atoms with van der Waals surface area (Å²) in [5, 5.41) is 13.7. The van der Waals surface area contributed by atoms with Crippen LogP contribution in [-0.4, -0.2) is 58.8 Å². The molecule has 3 aliphatic rings. The molecule has 37 heavy (non-hydrogen) atoms. The Morgan fingerprint density at radius 1 is 1.22 bits per heavy atom. The fraction of sp³-hybridized carbons (Fsp3) is 0.333. The number of nitrogens with zero attached hydrogens (tertiary/aromatic N) is 2. The Kier molecular flexibility index (Phi) is 5.65. The van der Waals surface area contributed by atoms with E-state index in [2.05, 4.69) is 10.3 Å². The second-order valence-electron chi connectivity index (χ2n) is 9.97. The number of carbonyl (C=O) groups excluding carboxylic acids is 1. The fourth-order valence-electron chi connectivity index (χ4n) is 5.10. The van der Waals surface area contributed by atoms with Gasteiger partial charge in [-0.2, -0.15) is 0 Å². The Balaban J connectivity index is 1.55. The first-order valence-corrected chi connectivity index (χ1v) is 12.5. The normalized spacial score (nSPS) is 19.7. The lowest BCUT2D eigenvalue weighted by molar-refractivity contribution is 0.0604. The zero-order chi connectivity index (χ0) is 25.9. The predicted octanol–water partition coefficient (Wildman–Crippen LogP) is 4.56. The van der Waals surface area contributed by atoms with Crippen molar-refractivity contribution in [1.82, 2.24) is 15.2 Å². The summed E-state index contributed by atoms with van der Waals surface area (Å²) >= 11 is 6.71. The van der Waals surface area contributed by atoms with Crippen molar-refractivity contribution >= 4 is 17.5 Å². The Labute approximate surface area is 217 Å². The van der Waals surface area contributed by atoms with Gasteiger partial charge >= 0.3 is 0 Å². The van der Waals surface area contributed by atoms with E-state index < -0.39 is 11.4 Å². The summed E-state index contributed by atoms with van der Waals surface area (Å²) in [5.74, 6) is -0.588. The van der Waals surface area contributed by atoms with Gasteiger partial charge in [-0.25, -0.2) is 9.37 Å². The van der Waals surface area contributed by atoms with Gasteiger partial charge in [0, 0.05) is 31.6 Å². The molecule has 3 aromatic rings. The molecule has 0 spiro atoms. The lowest BCUT2D eigenvalue weighted by Gasteiger charge is -2.33. The highest BCUT2D eigenvalue weighted by atomic mass is 35.5. The number of rotatable bonds is 3. The number of hydrogen-bond acceptors (Lipinski definition) is 7. The number of ether oxygens (including phenoxy) is 3. The molecule has 0 radical (unpaired) electrons. The van der Waals surface area contributed by atoms with Crippen LogP contribution in [-0.2, 0) is 6.42 Å². The van der Waals surface area contributed by atoms with E-state index >= 15 is 0 Å². The largest absolute Gasteiger partial charge is 0.507 e. The average molecular weight is 526 g/mol. The minimum atomic E-state index is -0.729. The highest BCUT2D eigenvalue weighted by molar-refractivity contribution is 6.35. The number of amides is 1. The molecule has 192 valence electrons. The molecule has 0 unspecified atom stereocenters. The van der Waals surface area contributed by atoms with Gasteiger partial charge in [-0.15, -0.1) is 0 Å². The topological polar surface area (TPSA) is 93.2 Å². The first kappa shape index (κ1) is 23.8. The fourth-order valence-corrected chi connectivity index (χ4v) is 5.39. The Bertz CT molecular complexity index is 1410. The van der Waals surface area contributed by atoms with Gasteiger partial charge in [-0.1, -0.05) is 29.8 Å². The number of carbonyl (C=O) groups is 1. The summed E-state index contributed by atoms with van der Waals surface area (Å²) in [4.78, 5) is 20.1. The van der Waals surface area contributed by atoms with E-state index in [1.807, 2.05) is 26.0 Å². The van der Waals surface area contributed by atoms with Crippen LogP contribution in [0.15, 0.2) is 36.4 Å². The van der Waals surface area contributed by atoms with Crippen LogP contribution in [0.2, 0.25) is 5.02 Å². The number of benzene rings is 2. The summed E-state index contributed by atoms with van der Waals surface area (Å²) < 4.78 is 33.4. The number of piperazine rings is 1. The maximum absolute atomic E-state index is 14.9. The molecule has 10 heteroatoms. The molecule has 0 aliphatic carbocycles. The van der Waals surface area contributed by atoms with Gasteiger partial charge in [0.05, 0.1) is 11.6 Å². The van der Waals surface area contributed by atoms with Crippen LogP contribution in [0.5, 0.6) is 28.9 Å². The first-order chi connectivity index (χ1) is 17.7. The number of phenolic OH excluding ortho intramolecular Hbond substituents is 1. The van der Waals surface area contributed by atoms with E-state index in [4.69, 9.17) is 25.8 Å². The lowest BCUT2D eigenvalue weighted by Crippen LogP contribution is -2.54. The minimum absolute atomic E-state index is 0.0394. The van der Waals surface area contributed by atoms with Crippen molar-refractivity contribution in [3.8, 4) is 40.1 Å². The predicted molar refractivity (Wildman–Crippen MR) is 134 cm³/mol. The molecule has 0 bridgehead atoms. The van der Waals surface area contributed by atoms with E-state index in [0.29, 0.717) is 37.6 Å². The Hall–Kier alpha value is -3.56. The first-order valence-electron chi connectivity index (χ1n) is 12.1. The zero-order valence-electron chi connectivity index (χ0n) is 20.3. The van der Waals surface area contributed by atoms with E-state index in [0.717, 1.165) is 5.56 Å². The van der Waals surface area contributed by atoms with Crippen molar-refractivity contribution in [3.63, 3.8) is 0 Å². The van der Waals surface area contributed by atoms with Crippen molar-refractivity contribution < 1.29 is 28.5 Å². The van der Waals surface area contributed by atoms with Crippen LogP contribution >= 0.6 is 11.6 Å². The molecule has 0 saturated carbocycles. The lowest BCUT2D eigenvalue weighted by atomic mass is 10.0. The quantitative estimate of drug-likeness (QED) is 0.518. The third-order valence-corrected chi connectivity index (χ3v) is 7.15. The van der Waals surface area contributed by atoms with Crippen LogP contribution < -0.4 is 19.5 Å². The molecule has 6 rings (SSSR count). The number of para-hydroxylation sites is 1. The molecule has 1 aromatic heterocycles. The van der Waals surface area contributed by atoms with Crippen molar-refractivity contribution in [3.05, 3.63) is 58.4 Å². The van der Waals surface area contributed by atoms with Crippen molar-refractivity contribution in [2.75, 3.05) is 26.2 Å². The van der Waals surface area contributed by atoms with Gasteiger partial charge in [0.15, 0.2) is 17.2 Å². The van der Waals surface area contributed by atoms with E-state index in [-0.39, 0.29) is 57.8 Å². The maximum atomic E-state index is 14.9. The summed E-state index contributed by atoms with van der Waals surface area (Å²) in [6.07, 6.45) is 0.685. The molecule has 1 fully saturated rings. The monoisotopic (exact) mass is 525 g/mol. The van der Waals surface area contributed by atoms with Crippen LogP contribution in [0.4, 0.5) is 4.39 Å². The van der Waals surface area contributed by atoms with Gasteiger partial charge in [0.2, 0.25) is 5.88 Å². The van der Waals surface area contributed by atoms with E-state index in [1.165, 1.54) is 18.2 Å². The highest BCUT2D eigenvalue weighted by Gasteiger charge is 2.39. The van der Waals surface area contributed by atoms with Gasteiger partial charge in [-0.3, -0.25) is 4.79 Å². The molecule has 2 N–H and O–H groups in total. The number of halogens is 2. The molecule has 2 aromatic carbocycles. The summed E-state index contributed by atoms with van der Waals surface area (Å²) in [6.45, 7) is 5.78. The molecule has 1 amide bonds. The van der Waals surface area contributed by atoms with Crippen molar-refractivity contribution in [2.45, 2.75) is 31.9 Å². The number of hydrogen-bond donors (Lipinski definition) is 2. The third kappa shape index (κ3) is 4.02. The third-order valence-electron chi connectivity index (χ3n) is 6.80. The standard InChI is InChI=1S/C27H25ClFN3O5/c1-27(2)11-14-5-3-8-18(23(14)37-27)36-25-20-24(35-13-15-12-30-9-10-32(15)26(20)34)21(28)22(31-25)19-16(29)6-4-7-17(19)33/h3-8,15,30,33H,9-13H2,1-2H3/t15-/m1/s1. The van der Waals surface area contributed by atoms with E-state index in [9.17, 15) is 14.3 Å². The molecular formula is C27H25ClFN3O5. The van der Waals surface area contributed by atoms with Gasteiger partial charge in [-0.05, 0) is 32.0 Å². The van der Waals surface area contributed by atoms with Crippen LogP contribution in [0.25, 0.3) is 11.3 Å². The highest BCUT2D eigenvalue weighted by Crippen LogP contribution is 2.48. The number of aromatic hydroxyl groups is 1. The van der Waals surface area contributed by atoms with Crippen LogP contribution in [0.3, 0.4) is 0 Å². The SMILES string of the molecule is CC1(C)Cc2cccc(Oc3nc(-c4c(O)cccc4F)c(Cl)c4c3C(=O)N3CCNC[C@@H]3CO4)c2O1. The zero-order valence-corrected chi connectivity index (χ0v) is 21.1. The van der Waals surface area contributed by atoms with E-state index in [1.54, 1.807) is 11.0 Å². The molecule has 4 heterocycles. The Morgan fingerprint density at radius 2 is 2.03 bits per heavy atom. The second kappa shape index (κ2) is 8.78. The van der Waals surface area contributed by atoms with Gasteiger partial charge in [0.25, 0.3) is 5.91 Å². The summed E-state index contributed by atoms with van der Waals surface area (Å²) in [7, 11) is 0. The van der Waals surface area contributed by atoms with Gasteiger partial charge < -0.3 is 29.5 Å². The molecule has 1 saturated heterocycles. The summed E-state index contributed by atoms with van der Waals surface area (Å²) in [5.41, 5.74) is 0.271. The number of fused-ring (bicyclic) bond motifs is 3. The molecular weight excluding hydrogens is 501 g/mol.